The Kier molecular flexibility index (Phi) is 11.5. The molecule has 2 rings (SSSR count). The standard InChI is InChI=1S/C27H32N2O8/c1-17-10-11-19-6-3-8-22(31)25(19)27(35)37-20(7-5-13-29-23(32)9-4-12-28)15-24(33)36-21(16-30)14-18(2)26(17)34/h3-6,8-10,12-14,20-21,26,28,30-31,34H,7,11,15-16H2,1-2H3,(H,29,32)/b9-4-,13-5+,17-10-,18-14+,28-12?. The molecule has 0 aromatic heterocycles. The largest absolute Gasteiger partial charge is 0.507 e. The minimum atomic E-state index is -1.02. The van der Waals surface area contributed by atoms with E-state index >= 15 is 0 Å². The van der Waals surface area contributed by atoms with Crippen LogP contribution in [-0.2, 0) is 25.5 Å². The predicted molar refractivity (Wildman–Crippen MR) is 136 cm³/mol. The number of nitrogens with one attached hydrogen (secondary N) is 2. The van der Waals surface area contributed by atoms with Crippen molar-refractivity contribution in [2.75, 3.05) is 6.61 Å². The van der Waals surface area contributed by atoms with E-state index in [0.29, 0.717) is 16.7 Å². The second-order valence-corrected chi connectivity index (χ2v) is 8.39. The average molecular weight is 513 g/mol. The van der Waals surface area contributed by atoms with Gasteiger partial charge >= 0.3 is 11.9 Å². The molecular formula is C27H32N2O8. The number of amides is 1. The summed E-state index contributed by atoms with van der Waals surface area (Å²) in [5.41, 5.74) is 1.42. The normalized spacial score (nSPS) is 24.5. The zero-order valence-corrected chi connectivity index (χ0v) is 20.7. The van der Waals surface area contributed by atoms with Gasteiger partial charge in [0.25, 0.3) is 0 Å². The number of aliphatic hydroxyl groups is 2. The molecule has 0 radical (unpaired) electrons. The number of esters is 2. The molecule has 0 fully saturated rings. The van der Waals surface area contributed by atoms with Gasteiger partial charge in [-0.05, 0) is 55.2 Å². The summed E-state index contributed by atoms with van der Waals surface area (Å²) in [4.78, 5) is 37.3. The van der Waals surface area contributed by atoms with Crippen molar-refractivity contribution < 1.29 is 39.2 Å². The highest BCUT2D eigenvalue weighted by Crippen LogP contribution is 2.25. The lowest BCUT2D eigenvalue weighted by atomic mass is 9.98. The number of carbonyl (C=O) groups excluding carboxylic acids is 3. The van der Waals surface area contributed by atoms with Gasteiger partial charge in [0.1, 0.15) is 23.5 Å². The highest BCUT2D eigenvalue weighted by molar-refractivity contribution is 5.94. The molecule has 1 heterocycles. The van der Waals surface area contributed by atoms with Crippen molar-refractivity contribution in [1.82, 2.24) is 5.32 Å². The van der Waals surface area contributed by atoms with E-state index in [-0.39, 0.29) is 30.6 Å². The van der Waals surface area contributed by atoms with E-state index in [0.717, 1.165) is 12.3 Å². The van der Waals surface area contributed by atoms with Crippen LogP contribution in [0.1, 0.15) is 42.6 Å². The zero-order chi connectivity index (χ0) is 27.4. The summed E-state index contributed by atoms with van der Waals surface area (Å²) in [5, 5.41) is 40.1. The van der Waals surface area contributed by atoms with Crippen LogP contribution in [-0.4, -0.2) is 64.3 Å². The fourth-order valence-electron chi connectivity index (χ4n) is 3.57. The number of allylic oxidation sites excluding steroid dienone is 2. The van der Waals surface area contributed by atoms with Gasteiger partial charge in [-0.1, -0.05) is 24.3 Å². The molecule has 3 atom stereocenters. The maximum atomic E-state index is 13.1. The van der Waals surface area contributed by atoms with Gasteiger partial charge < -0.3 is 35.5 Å². The number of aliphatic hydroxyl groups excluding tert-OH is 2. The SMILES string of the molecule is C/C1=C/Cc2cccc(O)c2C(=O)OC(C/C=C/NC(=O)/C=C\C=N)CC(=O)OC(CO)/C=C(\C)C1O. The van der Waals surface area contributed by atoms with E-state index in [9.17, 15) is 29.7 Å². The first kappa shape index (κ1) is 29.2. The Morgan fingerprint density at radius 2 is 1.97 bits per heavy atom. The lowest BCUT2D eigenvalue weighted by Crippen LogP contribution is -2.27. The Morgan fingerprint density at radius 1 is 1.22 bits per heavy atom. The number of phenols is 1. The van der Waals surface area contributed by atoms with E-state index in [1.54, 1.807) is 32.1 Å². The first-order chi connectivity index (χ1) is 17.7. The molecule has 1 aromatic carbocycles. The number of cyclic esters (lactones) is 2. The first-order valence-electron chi connectivity index (χ1n) is 11.6. The van der Waals surface area contributed by atoms with Gasteiger partial charge in [0.05, 0.1) is 19.1 Å². The van der Waals surface area contributed by atoms with Crippen LogP contribution in [0.4, 0.5) is 0 Å². The number of carbonyl (C=O) groups is 3. The minimum absolute atomic E-state index is 0.0225. The number of fused-ring (bicyclic) bond motifs is 1. The van der Waals surface area contributed by atoms with Crippen molar-refractivity contribution in [3.63, 3.8) is 0 Å². The van der Waals surface area contributed by atoms with Crippen molar-refractivity contribution in [3.05, 3.63) is 77.1 Å². The van der Waals surface area contributed by atoms with Crippen LogP contribution in [0.15, 0.2) is 65.9 Å². The second-order valence-electron chi connectivity index (χ2n) is 8.39. The first-order valence-corrected chi connectivity index (χ1v) is 11.6. The lowest BCUT2D eigenvalue weighted by molar-refractivity contribution is -0.150. The highest BCUT2D eigenvalue weighted by Gasteiger charge is 2.25. The van der Waals surface area contributed by atoms with Crippen LogP contribution in [0.2, 0.25) is 0 Å². The molecule has 0 saturated heterocycles. The van der Waals surface area contributed by atoms with Crippen molar-refractivity contribution >= 4 is 24.1 Å². The van der Waals surface area contributed by atoms with Crippen LogP contribution in [0.25, 0.3) is 0 Å². The molecule has 10 heteroatoms. The summed E-state index contributed by atoms with van der Waals surface area (Å²) in [6.45, 7) is 2.82. The minimum Gasteiger partial charge on any atom is -0.507 e. The van der Waals surface area contributed by atoms with Crippen molar-refractivity contribution in [3.8, 4) is 5.75 Å². The van der Waals surface area contributed by atoms with Crippen molar-refractivity contribution in [2.45, 2.75) is 51.4 Å². The lowest BCUT2D eigenvalue weighted by Gasteiger charge is -2.19. The van der Waals surface area contributed by atoms with Gasteiger partial charge in [0, 0.05) is 24.9 Å². The fraction of sp³-hybridized carbons (Fsp3) is 0.333. The summed E-state index contributed by atoms with van der Waals surface area (Å²) in [7, 11) is 0. The van der Waals surface area contributed by atoms with Crippen LogP contribution in [0.5, 0.6) is 5.75 Å². The summed E-state index contributed by atoms with van der Waals surface area (Å²) in [6, 6.07) is 4.58. The van der Waals surface area contributed by atoms with Gasteiger partial charge in [-0.3, -0.25) is 9.59 Å². The molecule has 1 aliphatic heterocycles. The number of hydrogen-bond acceptors (Lipinski definition) is 9. The molecule has 5 N–H and O–H groups in total. The molecule has 10 nitrogen and oxygen atoms in total. The van der Waals surface area contributed by atoms with Crippen molar-refractivity contribution in [2.24, 2.45) is 0 Å². The fourth-order valence-corrected chi connectivity index (χ4v) is 3.57. The van der Waals surface area contributed by atoms with Crippen molar-refractivity contribution in [1.29, 1.82) is 5.41 Å². The molecule has 0 saturated carbocycles. The third-order valence-corrected chi connectivity index (χ3v) is 5.51. The summed E-state index contributed by atoms with van der Waals surface area (Å²) in [5.74, 6) is -2.39. The van der Waals surface area contributed by atoms with E-state index in [2.05, 4.69) is 5.32 Å². The average Bonchev–Trinajstić information content (AvgIpc) is 2.86. The third kappa shape index (κ3) is 9.17. The topological polar surface area (TPSA) is 166 Å². The molecule has 1 amide bonds. The molecule has 0 bridgehead atoms. The van der Waals surface area contributed by atoms with E-state index in [1.807, 2.05) is 0 Å². The van der Waals surface area contributed by atoms with Gasteiger partial charge in [-0.15, -0.1) is 0 Å². The molecule has 0 spiro atoms. The molecule has 37 heavy (non-hydrogen) atoms. The van der Waals surface area contributed by atoms with Gasteiger partial charge in [-0.2, -0.15) is 0 Å². The quantitative estimate of drug-likeness (QED) is 0.167. The second kappa shape index (κ2) is 14.5. The molecule has 0 aliphatic carbocycles. The molecule has 198 valence electrons. The number of benzene rings is 1. The number of hydrogen-bond donors (Lipinski definition) is 5. The number of rotatable bonds is 6. The van der Waals surface area contributed by atoms with Crippen LogP contribution in [0, 0.1) is 5.41 Å². The van der Waals surface area contributed by atoms with Gasteiger partial charge in [0.15, 0.2) is 0 Å². The van der Waals surface area contributed by atoms with E-state index < -0.39 is 42.8 Å². The van der Waals surface area contributed by atoms with Gasteiger partial charge in [-0.25, -0.2) is 4.79 Å². The van der Waals surface area contributed by atoms with Crippen LogP contribution in [0.3, 0.4) is 0 Å². The van der Waals surface area contributed by atoms with E-state index in [4.69, 9.17) is 14.9 Å². The molecule has 1 aromatic rings. The maximum Gasteiger partial charge on any atom is 0.342 e. The number of phenolic OH excluding ortho intramolecular Hbond substituents is 1. The van der Waals surface area contributed by atoms with E-state index in [1.165, 1.54) is 30.5 Å². The van der Waals surface area contributed by atoms with Crippen LogP contribution < -0.4 is 5.32 Å². The number of ether oxygens (including phenoxy) is 2. The van der Waals surface area contributed by atoms with Gasteiger partial charge in [0.2, 0.25) is 5.91 Å². The Bertz CT molecular complexity index is 1120. The highest BCUT2D eigenvalue weighted by atomic mass is 16.6. The van der Waals surface area contributed by atoms with Crippen LogP contribution >= 0.6 is 0 Å². The summed E-state index contributed by atoms with van der Waals surface area (Å²) < 4.78 is 10.9. The maximum absolute atomic E-state index is 13.1. The number of aromatic hydroxyl groups is 1. The molecule has 1 aliphatic rings. The third-order valence-electron chi connectivity index (χ3n) is 5.51. The Labute approximate surface area is 215 Å². The summed E-state index contributed by atoms with van der Waals surface area (Å²) >= 11 is 0. The molecule has 3 unspecified atom stereocenters. The predicted octanol–water partition coefficient (Wildman–Crippen LogP) is 2.25. The Balaban J connectivity index is 2.39. The molecular weight excluding hydrogens is 480 g/mol. The Hall–Kier alpha value is -4.02. The monoisotopic (exact) mass is 512 g/mol. The smallest absolute Gasteiger partial charge is 0.342 e. The zero-order valence-electron chi connectivity index (χ0n) is 20.7. The summed E-state index contributed by atoms with van der Waals surface area (Å²) in [6.07, 6.45) is 6.13. The Morgan fingerprint density at radius 3 is 2.68 bits per heavy atom.